The van der Waals surface area contributed by atoms with Crippen molar-refractivity contribution < 1.29 is 14.6 Å². The van der Waals surface area contributed by atoms with E-state index in [1.807, 2.05) is 0 Å². The number of benzene rings is 2. The van der Waals surface area contributed by atoms with Crippen molar-refractivity contribution in [1.82, 2.24) is 0 Å². The van der Waals surface area contributed by atoms with Crippen molar-refractivity contribution in [1.29, 1.82) is 0 Å². The molecule has 3 rings (SSSR count). The molecule has 0 radical (unpaired) electrons. The average molecular weight is 325 g/mol. The molecular formula is C16H14Cl2O3. The van der Waals surface area contributed by atoms with Gasteiger partial charge in [0.15, 0.2) is 0 Å². The Morgan fingerprint density at radius 3 is 2.52 bits per heavy atom. The number of hydrogen-bond acceptors (Lipinski definition) is 3. The second-order valence-corrected chi connectivity index (χ2v) is 5.84. The number of ether oxygens (including phenoxy) is 2. The van der Waals surface area contributed by atoms with Crippen molar-refractivity contribution >= 4 is 23.2 Å². The van der Waals surface area contributed by atoms with E-state index in [0.29, 0.717) is 28.0 Å². The molecule has 1 aliphatic heterocycles. The topological polar surface area (TPSA) is 38.7 Å². The Morgan fingerprint density at radius 2 is 1.86 bits per heavy atom. The van der Waals surface area contributed by atoms with Crippen LogP contribution in [0.25, 0.3) is 0 Å². The Morgan fingerprint density at radius 1 is 1.14 bits per heavy atom. The molecular weight excluding hydrogens is 311 g/mol. The maximum atomic E-state index is 10.4. The number of aliphatic hydroxyl groups is 1. The van der Waals surface area contributed by atoms with E-state index in [1.165, 1.54) is 0 Å². The average Bonchev–Trinajstić information content (AvgIpc) is 2.46. The maximum Gasteiger partial charge on any atom is 0.127 e. The Balaban J connectivity index is 1.94. The minimum atomic E-state index is -0.619. The second kappa shape index (κ2) is 5.76. The molecule has 3 nitrogen and oxygen atoms in total. The van der Waals surface area contributed by atoms with E-state index < -0.39 is 6.10 Å². The number of methoxy groups -OCH3 is 1. The van der Waals surface area contributed by atoms with Crippen molar-refractivity contribution in [3.63, 3.8) is 0 Å². The predicted molar refractivity (Wildman–Crippen MR) is 82.4 cm³/mol. The molecule has 0 fully saturated rings. The lowest BCUT2D eigenvalue weighted by Gasteiger charge is -2.30. The first-order valence-electron chi connectivity index (χ1n) is 6.55. The van der Waals surface area contributed by atoms with Gasteiger partial charge in [0.2, 0.25) is 0 Å². The van der Waals surface area contributed by atoms with Gasteiger partial charge >= 0.3 is 0 Å². The zero-order valence-corrected chi connectivity index (χ0v) is 12.9. The lowest BCUT2D eigenvalue weighted by atomic mass is 9.95. The van der Waals surface area contributed by atoms with E-state index in [9.17, 15) is 5.11 Å². The summed E-state index contributed by atoms with van der Waals surface area (Å²) in [6.45, 7) is 0. The quantitative estimate of drug-likeness (QED) is 0.880. The van der Waals surface area contributed by atoms with Gasteiger partial charge in [-0.2, -0.15) is 0 Å². The highest BCUT2D eigenvalue weighted by molar-refractivity contribution is 6.34. The summed E-state index contributed by atoms with van der Waals surface area (Å²) in [5.41, 5.74) is 1.59. The van der Waals surface area contributed by atoms with Crippen molar-refractivity contribution in [3.8, 4) is 11.5 Å². The van der Waals surface area contributed by atoms with Crippen LogP contribution in [-0.4, -0.2) is 12.2 Å². The van der Waals surface area contributed by atoms with E-state index >= 15 is 0 Å². The molecule has 1 heterocycles. The molecule has 2 aromatic rings. The van der Waals surface area contributed by atoms with Crippen LogP contribution >= 0.6 is 23.2 Å². The third kappa shape index (κ3) is 2.95. The van der Waals surface area contributed by atoms with Gasteiger partial charge < -0.3 is 14.6 Å². The molecule has 0 aromatic heterocycles. The van der Waals surface area contributed by atoms with Crippen LogP contribution in [0, 0.1) is 0 Å². The van der Waals surface area contributed by atoms with Gasteiger partial charge in [-0.25, -0.2) is 0 Å². The van der Waals surface area contributed by atoms with E-state index in [4.69, 9.17) is 32.7 Å². The normalized spacial score (nSPS) is 20.6. The summed E-state index contributed by atoms with van der Waals surface area (Å²) >= 11 is 12.1. The third-order valence-electron chi connectivity index (χ3n) is 3.54. The van der Waals surface area contributed by atoms with Crippen LogP contribution < -0.4 is 9.47 Å². The summed E-state index contributed by atoms with van der Waals surface area (Å²) in [4.78, 5) is 0. The van der Waals surface area contributed by atoms with Crippen LogP contribution in [0.2, 0.25) is 10.0 Å². The number of fused-ring (bicyclic) bond motifs is 1. The van der Waals surface area contributed by atoms with Crippen molar-refractivity contribution in [2.45, 2.75) is 18.6 Å². The molecule has 1 aliphatic rings. The molecule has 5 heteroatoms. The molecule has 0 aliphatic carbocycles. The van der Waals surface area contributed by atoms with Gasteiger partial charge in [-0.1, -0.05) is 23.2 Å². The van der Waals surface area contributed by atoms with E-state index in [0.717, 1.165) is 11.1 Å². The van der Waals surface area contributed by atoms with Gasteiger partial charge in [0.1, 0.15) is 17.6 Å². The lowest BCUT2D eigenvalue weighted by Crippen LogP contribution is -2.19. The van der Waals surface area contributed by atoms with Crippen molar-refractivity contribution in [2.24, 2.45) is 0 Å². The predicted octanol–water partition coefficient (Wildman–Crippen LogP) is 4.56. The van der Waals surface area contributed by atoms with E-state index in [-0.39, 0.29) is 6.10 Å². The van der Waals surface area contributed by atoms with Crippen LogP contribution in [0.3, 0.4) is 0 Å². The SMILES string of the molecule is COc1ccc2c(c1)[C@H](O)CC(c1cc(Cl)cc(Cl)c1)O2. The molecule has 1 unspecified atom stereocenters. The van der Waals surface area contributed by atoms with Gasteiger partial charge in [-0.15, -0.1) is 0 Å². The Kier molecular flexibility index (Phi) is 3.98. The summed E-state index contributed by atoms with van der Waals surface area (Å²) in [6, 6.07) is 10.7. The minimum absolute atomic E-state index is 0.280. The van der Waals surface area contributed by atoms with Gasteiger partial charge in [0.25, 0.3) is 0 Å². The van der Waals surface area contributed by atoms with Crippen LogP contribution in [0.4, 0.5) is 0 Å². The smallest absolute Gasteiger partial charge is 0.127 e. The summed E-state index contributed by atoms with van der Waals surface area (Å²) in [5.74, 6) is 1.34. The molecule has 2 aromatic carbocycles. The number of hydrogen-bond donors (Lipinski definition) is 1. The summed E-state index contributed by atoms with van der Waals surface area (Å²) < 4.78 is 11.1. The minimum Gasteiger partial charge on any atom is -0.497 e. The van der Waals surface area contributed by atoms with Gasteiger partial charge in [-0.05, 0) is 42.0 Å². The number of rotatable bonds is 2. The first-order valence-corrected chi connectivity index (χ1v) is 7.31. The largest absolute Gasteiger partial charge is 0.497 e. The highest BCUT2D eigenvalue weighted by Crippen LogP contribution is 2.42. The van der Waals surface area contributed by atoms with Gasteiger partial charge in [0, 0.05) is 22.0 Å². The monoisotopic (exact) mass is 324 g/mol. The highest BCUT2D eigenvalue weighted by Gasteiger charge is 2.28. The van der Waals surface area contributed by atoms with Crippen LogP contribution in [0.1, 0.15) is 29.8 Å². The van der Waals surface area contributed by atoms with E-state index in [2.05, 4.69) is 0 Å². The first-order chi connectivity index (χ1) is 10.1. The summed E-state index contributed by atoms with van der Waals surface area (Å²) in [6.07, 6.45) is -0.458. The highest BCUT2D eigenvalue weighted by atomic mass is 35.5. The fraction of sp³-hybridized carbons (Fsp3) is 0.250. The van der Waals surface area contributed by atoms with Crippen LogP contribution in [0.5, 0.6) is 11.5 Å². The zero-order valence-electron chi connectivity index (χ0n) is 11.3. The molecule has 0 saturated carbocycles. The Hall–Kier alpha value is -1.42. The maximum absolute atomic E-state index is 10.4. The molecule has 0 amide bonds. The fourth-order valence-electron chi connectivity index (χ4n) is 2.52. The zero-order chi connectivity index (χ0) is 15.0. The Bertz CT molecular complexity index is 652. The number of aliphatic hydroxyl groups excluding tert-OH is 1. The molecule has 21 heavy (non-hydrogen) atoms. The second-order valence-electron chi connectivity index (χ2n) is 4.96. The number of halogens is 2. The third-order valence-corrected chi connectivity index (χ3v) is 3.98. The summed E-state index contributed by atoms with van der Waals surface area (Å²) in [5, 5.41) is 11.5. The fourth-order valence-corrected chi connectivity index (χ4v) is 3.06. The Labute approximate surface area is 133 Å². The first kappa shape index (κ1) is 14.5. The van der Waals surface area contributed by atoms with Crippen LogP contribution in [0.15, 0.2) is 36.4 Å². The van der Waals surface area contributed by atoms with E-state index in [1.54, 1.807) is 43.5 Å². The molecule has 2 atom stereocenters. The summed E-state index contributed by atoms with van der Waals surface area (Å²) in [7, 11) is 1.59. The lowest BCUT2D eigenvalue weighted by molar-refractivity contribution is 0.0654. The molecule has 0 saturated heterocycles. The van der Waals surface area contributed by atoms with Crippen molar-refractivity contribution in [3.05, 3.63) is 57.6 Å². The van der Waals surface area contributed by atoms with Crippen molar-refractivity contribution in [2.75, 3.05) is 7.11 Å². The van der Waals surface area contributed by atoms with Crippen LogP contribution in [-0.2, 0) is 0 Å². The van der Waals surface area contributed by atoms with Gasteiger partial charge in [-0.3, -0.25) is 0 Å². The standard InChI is InChI=1S/C16H14Cl2O3/c1-20-12-2-3-15-13(7-12)14(19)8-16(21-15)9-4-10(17)6-11(18)5-9/h2-7,14,16,19H,8H2,1H3/t14-,16?/m1/s1. The molecule has 0 spiro atoms. The molecule has 1 N–H and O–H groups in total. The molecule has 0 bridgehead atoms. The molecule has 110 valence electrons. The van der Waals surface area contributed by atoms with Gasteiger partial charge in [0.05, 0.1) is 13.2 Å².